The minimum atomic E-state index is -5.19. The highest BCUT2D eigenvalue weighted by molar-refractivity contribution is 7.21. The molecule has 5 rings (SSSR count). The number of carboxylic acids is 1. The second-order valence-electron chi connectivity index (χ2n) is 8.97. The molecule has 0 atom stereocenters. The molecule has 0 spiro atoms. The van der Waals surface area contributed by atoms with E-state index in [0.29, 0.717) is 16.1 Å². The van der Waals surface area contributed by atoms with Gasteiger partial charge in [0, 0.05) is 56.8 Å². The van der Waals surface area contributed by atoms with Gasteiger partial charge in [0.15, 0.2) is 0 Å². The lowest BCUT2D eigenvalue weighted by molar-refractivity contribution is -0.344. The third-order valence-corrected chi connectivity index (χ3v) is 7.41. The van der Waals surface area contributed by atoms with Crippen LogP contribution >= 0.6 is 11.3 Å². The van der Waals surface area contributed by atoms with E-state index < -0.39 is 23.9 Å². The number of aliphatic carboxylic acids is 1. The van der Waals surface area contributed by atoms with Crippen molar-refractivity contribution in [1.29, 1.82) is 0 Å². The van der Waals surface area contributed by atoms with E-state index in [1.54, 1.807) is 0 Å². The van der Waals surface area contributed by atoms with Crippen molar-refractivity contribution in [3.8, 4) is 10.6 Å². The molecule has 0 N–H and O–H groups in total. The van der Waals surface area contributed by atoms with Gasteiger partial charge in [-0.3, -0.25) is 0 Å². The molecule has 1 aromatic rings. The molecule has 0 bridgehead atoms. The van der Waals surface area contributed by atoms with Crippen LogP contribution < -0.4 is 19.9 Å². The van der Waals surface area contributed by atoms with E-state index >= 15 is 0 Å². The van der Waals surface area contributed by atoms with Crippen LogP contribution in [0.25, 0.3) is 20.8 Å². The summed E-state index contributed by atoms with van der Waals surface area (Å²) in [5.74, 6) is -3.01. The van der Waals surface area contributed by atoms with Crippen molar-refractivity contribution >= 4 is 33.2 Å². The zero-order valence-electron chi connectivity index (χ0n) is 19.8. The molecule has 3 aliphatic heterocycles. The Kier molecular flexibility index (Phi) is 7.65. The van der Waals surface area contributed by atoms with Gasteiger partial charge < -0.3 is 19.7 Å². The number of carbonyl (C=O) groups is 1. The van der Waals surface area contributed by atoms with Crippen LogP contribution in [0, 0.1) is 0 Å². The average molecular weight is 547 g/mol. The maximum absolute atomic E-state index is 13.9. The molecule has 1 aliphatic carbocycles. The lowest BCUT2D eigenvalue weighted by atomic mass is 10.1. The second kappa shape index (κ2) is 10.4. The van der Waals surface area contributed by atoms with Crippen LogP contribution in [-0.4, -0.2) is 68.3 Å². The number of anilines is 1. The number of likely N-dealkylation sites (N-methyl/N-ethyl adjacent to an activating group) is 1. The first-order chi connectivity index (χ1) is 17.3. The fourth-order valence-electron chi connectivity index (χ4n) is 4.34. The molecule has 200 valence electrons. The summed E-state index contributed by atoms with van der Waals surface area (Å²) in [4.78, 5) is 18.4. The lowest BCUT2D eigenvalue weighted by Gasteiger charge is -2.34. The van der Waals surface area contributed by atoms with E-state index in [1.807, 2.05) is 30.1 Å². The van der Waals surface area contributed by atoms with Crippen molar-refractivity contribution in [3.63, 3.8) is 0 Å². The molecule has 2 fully saturated rings. The average Bonchev–Trinajstić information content (AvgIpc) is 3.36. The molecular formula is C24H24F6N4O2S. The predicted molar refractivity (Wildman–Crippen MR) is 126 cm³/mol. The zero-order valence-corrected chi connectivity index (χ0v) is 20.6. The normalized spacial score (nSPS) is 17.3. The molecule has 0 saturated carbocycles. The number of fused-ring (bicyclic) bond motifs is 2. The Morgan fingerprint density at radius 3 is 2.19 bits per heavy atom. The Balaban J connectivity index is 0.000000405. The number of carbonyl (C=O) groups excluding carboxylic acids is 1. The summed E-state index contributed by atoms with van der Waals surface area (Å²) in [6.07, 6.45) is -7.27. The van der Waals surface area contributed by atoms with Crippen LogP contribution in [0.3, 0.4) is 0 Å². The minimum Gasteiger partial charge on any atom is -0.542 e. The summed E-state index contributed by atoms with van der Waals surface area (Å²) in [7, 11) is 2.04. The zero-order chi connectivity index (χ0) is 27.0. The Bertz CT molecular complexity index is 1320. The number of carboxylic acid groups (broad SMARTS) is 1. The highest BCUT2D eigenvalue weighted by Gasteiger charge is 2.35. The van der Waals surface area contributed by atoms with Crippen LogP contribution in [-0.2, 0) is 11.0 Å². The SMILES string of the molecule is CN1CCN(c2cc(C(F)(F)F)c3nc4ccc(=[N+]5CCCC5)cc-4sc3c2)CC1.O=C([O-])C(F)(F)F. The summed E-state index contributed by atoms with van der Waals surface area (Å²) >= 11 is 1.41. The molecule has 3 heterocycles. The fourth-order valence-corrected chi connectivity index (χ4v) is 5.40. The van der Waals surface area contributed by atoms with Gasteiger partial charge in [0.1, 0.15) is 19.1 Å². The number of alkyl halides is 6. The van der Waals surface area contributed by atoms with Crippen LogP contribution in [0.4, 0.5) is 32.0 Å². The van der Waals surface area contributed by atoms with Crippen molar-refractivity contribution < 1.29 is 36.2 Å². The molecule has 13 heteroatoms. The minimum absolute atomic E-state index is 0.0480. The molecule has 6 nitrogen and oxygen atoms in total. The molecule has 0 aromatic heterocycles. The number of benzene rings is 2. The van der Waals surface area contributed by atoms with Gasteiger partial charge in [0.05, 0.1) is 26.4 Å². The molecular weight excluding hydrogens is 522 g/mol. The smallest absolute Gasteiger partial charge is 0.430 e. The molecule has 4 aliphatic rings. The summed E-state index contributed by atoms with van der Waals surface area (Å²) in [6, 6.07) is 9.07. The van der Waals surface area contributed by atoms with E-state index in [9.17, 15) is 26.3 Å². The fraction of sp³-hybridized carbons (Fsp3) is 0.458. The van der Waals surface area contributed by atoms with Crippen molar-refractivity contribution in [2.24, 2.45) is 0 Å². The highest BCUT2D eigenvalue weighted by Crippen LogP contribution is 2.41. The third kappa shape index (κ3) is 6.32. The molecule has 2 saturated heterocycles. The maximum Gasteiger partial charge on any atom is 0.430 e. The van der Waals surface area contributed by atoms with Gasteiger partial charge in [-0.05, 0) is 25.2 Å². The van der Waals surface area contributed by atoms with Gasteiger partial charge in [-0.2, -0.15) is 26.3 Å². The van der Waals surface area contributed by atoms with Crippen molar-refractivity contribution in [1.82, 2.24) is 14.5 Å². The van der Waals surface area contributed by atoms with E-state index in [1.165, 1.54) is 30.2 Å². The van der Waals surface area contributed by atoms with E-state index in [2.05, 4.69) is 20.5 Å². The summed E-state index contributed by atoms with van der Waals surface area (Å²) in [5, 5.41) is 9.91. The topological polar surface area (TPSA) is 62.5 Å². The van der Waals surface area contributed by atoms with E-state index in [0.717, 1.165) is 49.5 Å². The largest absolute Gasteiger partial charge is 0.542 e. The van der Waals surface area contributed by atoms with Gasteiger partial charge in [0.25, 0.3) is 0 Å². The molecule has 1 aromatic carbocycles. The first-order valence-corrected chi connectivity index (χ1v) is 12.4. The first kappa shape index (κ1) is 27.1. The number of halogens is 6. The summed E-state index contributed by atoms with van der Waals surface area (Å²) < 4.78 is 76.2. The van der Waals surface area contributed by atoms with E-state index in [-0.39, 0.29) is 5.52 Å². The monoisotopic (exact) mass is 546 g/mol. The number of rotatable bonds is 1. The van der Waals surface area contributed by atoms with Gasteiger partial charge in [0.2, 0.25) is 5.36 Å². The van der Waals surface area contributed by atoms with Crippen LogP contribution in [0.1, 0.15) is 18.4 Å². The Morgan fingerprint density at radius 1 is 1.00 bits per heavy atom. The standard InChI is InChI=1S/C22H24F3N4S.C2HF3O2/c1-27-8-10-29(11-9-27)16-12-17(22(23,24)25)21-20(14-16)30-19-13-15(4-5-18(19)26-21)28-6-2-3-7-28;3-2(4,5)1(6)7/h4-5,12-14H,2-3,6-11H2,1H3;(H,6,7)/q+1;/p-1. The Morgan fingerprint density at radius 2 is 1.62 bits per heavy atom. The summed E-state index contributed by atoms with van der Waals surface area (Å²) in [5.41, 5.74) is 0.659. The first-order valence-electron chi connectivity index (χ1n) is 11.6. The van der Waals surface area contributed by atoms with Crippen molar-refractivity contribution in [2.75, 3.05) is 51.2 Å². The van der Waals surface area contributed by atoms with Gasteiger partial charge in [-0.15, -0.1) is 11.3 Å². The third-order valence-electron chi connectivity index (χ3n) is 6.33. The Labute approximate surface area is 212 Å². The lowest BCUT2D eigenvalue weighted by Crippen LogP contribution is -2.44. The highest BCUT2D eigenvalue weighted by atomic mass is 32.1. The number of aromatic nitrogens is 1. The van der Waals surface area contributed by atoms with Crippen LogP contribution in [0.15, 0.2) is 30.3 Å². The maximum atomic E-state index is 13.9. The Hall–Kier alpha value is -2.93. The number of hydrogen-bond donors (Lipinski definition) is 0. The van der Waals surface area contributed by atoms with E-state index in [4.69, 9.17) is 9.90 Å². The number of nitrogens with zero attached hydrogens (tertiary/aromatic N) is 4. The molecule has 0 amide bonds. The van der Waals surface area contributed by atoms with Gasteiger partial charge >= 0.3 is 12.4 Å². The quantitative estimate of drug-likeness (QED) is 0.267. The van der Waals surface area contributed by atoms with Crippen molar-refractivity contribution in [2.45, 2.75) is 25.2 Å². The number of hydrogen-bond acceptors (Lipinski definition) is 6. The van der Waals surface area contributed by atoms with Gasteiger partial charge in [-0.25, -0.2) is 9.56 Å². The number of piperazine rings is 1. The predicted octanol–water partition coefficient (Wildman–Crippen LogP) is 3.04. The van der Waals surface area contributed by atoms with Crippen LogP contribution in [0.5, 0.6) is 0 Å². The second-order valence-corrected chi connectivity index (χ2v) is 10.1. The summed E-state index contributed by atoms with van der Waals surface area (Å²) in [6.45, 7) is 5.20. The molecule has 0 unspecified atom stereocenters. The van der Waals surface area contributed by atoms with Crippen LogP contribution in [0.2, 0.25) is 0 Å². The molecule has 37 heavy (non-hydrogen) atoms. The van der Waals surface area contributed by atoms with Gasteiger partial charge in [-0.1, -0.05) is 0 Å². The van der Waals surface area contributed by atoms with Crippen molar-refractivity contribution in [3.05, 3.63) is 41.3 Å². The molecule has 0 radical (unpaired) electrons.